The van der Waals surface area contributed by atoms with E-state index in [2.05, 4.69) is 0 Å². The van der Waals surface area contributed by atoms with Gasteiger partial charge in [0, 0.05) is 6.42 Å². The Hall–Kier alpha value is -0.400. The molecule has 0 aromatic carbocycles. The molecule has 0 saturated heterocycles. The van der Waals surface area contributed by atoms with Crippen molar-refractivity contribution in [3.05, 3.63) is 0 Å². The van der Waals surface area contributed by atoms with Gasteiger partial charge in [-0.2, -0.15) is 0 Å². The minimum atomic E-state index is -1.20. The maximum absolute atomic E-state index is 12.8. The number of halogens is 1. The second-order valence-electron chi connectivity index (χ2n) is 2.83. The van der Waals surface area contributed by atoms with Crippen molar-refractivity contribution < 1.29 is 9.18 Å². The van der Waals surface area contributed by atoms with Crippen LogP contribution in [0.15, 0.2) is 0 Å². The van der Waals surface area contributed by atoms with Gasteiger partial charge in [-0.15, -0.1) is 0 Å². The van der Waals surface area contributed by atoms with Crippen LogP contribution < -0.4 is 0 Å². The SMILES string of the molecule is CCCCC(=O)C(F)CCC. The zero-order chi connectivity index (χ0) is 8.69. The summed E-state index contributed by atoms with van der Waals surface area (Å²) in [6.07, 6.45) is 2.14. The van der Waals surface area contributed by atoms with E-state index in [-0.39, 0.29) is 5.78 Å². The van der Waals surface area contributed by atoms with Crippen molar-refractivity contribution >= 4 is 5.78 Å². The number of unbranched alkanes of at least 4 members (excludes halogenated alkanes) is 1. The van der Waals surface area contributed by atoms with Crippen molar-refractivity contribution in [3.63, 3.8) is 0 Å². The molecule has 0 heterocycles. The lowest BCUT2D eigenvalue weighted by Crippen LogP contribution is -2.14. The summed E-state index contributed by atoms with van der Waals surface area (Å²) < 4.78 is 12.8. The van der Waals surface area contributed by atoms with Gasteiger partial charge in [-0.05, 0) is 12.8 Å². The lowest BCUT2D eigenvalue weighted by molar-refractivity contribution is -0.124. The van der Waals surface area contributed by atoms with Gasteiger partial charge in [-0.25, -0.2) is 4.39 Å². The normalized spacial score (nSPS) is 13.0. The summed E-state index contributed by atoms with van der Waals surface area (Å²) in [5, 5.41) is 0. The maximum atomic E-state index is 12.8. The minimum Gasteiger partial charge on any atom is -0.296 e. The molecule has 1 atom stereocenters. The standard InChI is InChI=1S/C9H17FO/c1-3-5-7-9(11)8(10)6-4-2/h8H,3-7H2,1-2H3. The molecule has 0 amide bonds. The maximum Gasteiger partial charge on any atom is 0.166 e. The van der Waals surface area contributed by atoms with Crippen molar-refractivity contribution in [2.24, 2.45) is 0 Å². The van der Waals surface area contributed by atoms with Gasteiger partial charge >= 0.3 is 0 Å². The van der Waals surface area contributed by atoms with Gasteiger partial charge in [0.1, 0.15) is 0 Å². The molecule has 0 aromatic heterocycles. The summed E-state index contributed by atoms with van der Waals surface area (Å²) in [5.74, 6) is -0.214. The third-order valence-electron chi connectivity index (χ3n) is 1.67. The number of hydrogen-bond donors (Lipinski definition) is 0. The molecule has 1 unspecified atom stereocenters. The number of carbonyl (C=O) groups excluding carboxylic acids is 1. The fourth-order valence-corrected chi connectivity index (χ4v) is 0.922. The topological polar surface area (TPSA) is 17.1 Å². The smallest absolute Gasteiger partial charge is 0.166 e. The van der Waals surface area contributed by atoms with Crippen molar-refractivity contribution in [1.82, 2.24) is 0 Å². The molecule has 1 nitrogen and oxygen atoms in total. The molecule has 0 bridgehead atoms. The van der Waals surface area contributed by atoms with E-state index in [1.54, 1.807) is 0 Å². The Morgan fingerprint density at radius 3 is 2.45 bits per heavy atom. The van der Waals surface area contributed by atoms with E-state index in [4.69, 9.17) is 0 Å². The number of hydrogen-bond acceptors (Lipinski definition) is 1. The average molecular weight is 160 g/mol. The number of Topliss-reactive ketones (excluding diaryl/α,β-unsaturated/α-hetero) is 1. The van der Waals surface area contributed by atoms with E-state index in [1.165, 1.54) is 0 Å². The minimum absolute atomic E-state index is 0.214. The van der Waals surface area contributed by atoms with Gasteiger partial charge in [0.25, 0.3) is 0 Å². The summed E-state index contributed by atoms with van der Waals surface area (Å²) in [6, 6.07) is 0. The molecule has 0 radical (unpaired) electrons. The zero-order valence-electron chi connectivity index (χ0n) is 7.40. The fraction of sp³-hybridized carbons (Fsp3) is 0.889. The van der Waals surface area contributed by atoms with Gasteiger partial charge in [0.05, 0.1) is 0 Å². The van der Waals surface area contributed by atoms with Crippen LogP contribution in [0.4, 0.5) is 4.39 Å². The monoisotopic (exact) mass is 160 g/mol. The molecule has 11 heavy (non-hydrogen) atoms. The van der Waals surface area contributed by atoms with Crippen LogP contribution in [0.3, 0.4) is 0 Å². The lowest BCUT2D eigenvalue weighted by atomic mass is 10.1. The van der Waals surface area contributed by atoms with Crippen LogP contribution >= 0.6 is 0 Å². The predicted molar refractivity (Wildman–Crippen MR) is 44.3 cm³/mol. The zero-order valence-corrected chi connectivity index (χ0v) is 7.40. The highest BCUT2D eigenvalue weighted by Crippen LogP contribution is 2.07. The van der Waals surface area contributed by atoms with Gasteiger partial charge in [-0.1, -0.05) is 26.7 Å². The van der Waals surface area contributed by atoms with E-state index in [0.29, 0.717) is 12.8 Å². The molecule has 0 N–H and O–H groups in total. The summed E-state index contributed by atoms with van der Waals surface area (Å²) in [5.41, 5.74) is 0. The van der Waals surface area contributed by atoms with Crippen molar-refractivity contribution in [3.8, 4) is 0 Å². The van der Waals surface area contributed by atoms with Crippen molar-refractivity contribution in [2.45, 2.75) is 52.1 Å². The fourth-order valence-electron chi connectivity index (χ4n) is 0.922. The molecular formula is C9H17FO. The Morgan fingerprint density at radius 2 is 2.00 bits per heavy atom. The van der Waals surface area contributed by atoms with E-state index in [9.17, 15) is 9.18 Å². The Balaban J connectivity index is 3.47. The third-order valence-corrected chi connectivity index (χ3v) is 1.67. The van der Waals surface area contributed by atoms with E-state index >= 15 is 0 Å². The Kier molecular flexibility index (Phi) is 6.09. The van der Waals surface area contributed by atoms with Crippen LogP contribution in [0.2, 0.25) is 0 Å². The Labute approximate surface area is 68.0 Å². The second kappa shape index (κ2) is 6.32. The quantitative estimate of drug-likeness (QED) is 0.584. The summed E-state index contributed by atoms with van der Waals surface area (Å²) in [7, 11) is 0. The number of alkyl halides is 1. The first-order chi connectivity index (χ1) is 5.22. The highest BCUT2D eigenvalue weighted by atomic mass is 19.1. The highest BCUT2D eigenvalue weighted by molar-refractivity contribution is 5.82. The van der Waals surface area contributed by atoms with E-state index in [0.717, 1.165) is 19.3 Å². The molecular weight excluding hydrogens is 143 g/mol. The first kappa shape index (κ1) is 10.6. The van der Waals surface area contributed by atoms with E-state index in [1.807, 2.05) is 13.8 Å². The predicted octanol–water partition coefficient (Wildman–Crippen LogP) is 2.88. The number of rotatable bonds is 6. The average Bonchev–Trinajstić information content (AvgIpc) is 2.00. The van der Waals surface area contributed by atoms with Crippen LogP contribution in [0, 0.1) is 0 Å². The molecule has 0 rings (SSSR count). The van der Waals surface area contributed by atoms with Crippen LogP contribution in [-0.2, 0) is 4.79 Å². The number of carbonyl (C=O) groups is 1. The van der Waals surface area contributed by atoms with Gasteiger partial charge in [0.2, 0.25) is 0 Å². The number of ketones is 1. The summed E-state index contributed by atoms with van der Waals surface area (Å²) >= 11 is 0. The van der Waals surface area contributed by atoms with Gasteiger partial charge in [-0.3, -0.25) is 4.79 Å². The van der Waals surface area contributed by atoms with Crippen LogP contribution in [-0.4, -0.2) is 12.0 Å². The first-order valence-corrected chi connectivity index (χ1v) is 4.39. The first-order valence-electron chi connectivity index (χ1n) is 4.39. The third kappa shape index (κ3) is 4.93. The Morgan fingerprint density at radius 1 is 1.36 bits per heavy atom. The lowest BCUT2D eigenvalue weighted by Gasteiger charge is -2.03. The summed E-state index contributed by atoms with van der Waals surface area (Å²) in [4.78, 5) is 10.9. The van der Waals surface area contributed by atoms with Gasteiger partial charge < -0.3 is 0 Å². The molecule has 0 aromatic rings. The molecule has 0 fully saturated rings. The van der Waals surface area contributed by atoms with Crippen molar-refractivity contribution in [1.29, 1.82) is 0 Å². The highest BCUT2D eigenvalue weighted by Gasteiger charge is 2.14. The van der Waals surface area contributed by atoms with Crippen molar-refractivity contribution in [2.75, 3.05) is 0 Å². The van der Waals surface area contributed by atoms with Crippen LogP contribution in [0.1, 0.15) is 46.0 Å². The van der Waals surface area contributed by atoms with Gasteiger partial charge in [0.15, 0.2) is 12.0 Å². The molecule has 66 valence electrons. The molecule has 0 aliphatic carbocycles. The Bertz CT molecular complexity index is 112. The molecule has 2 heteroatoms. The van der Waals surface area contributed by atoms with E-state index < -0.39 is 6.17 Å². The van der Waals surface area contributed by atoms with Crippen LogP contribution in [0.5, 0.6) is 0 Å². The molecule has 0 aliphatic heterocycles. The second-order valence-corrected chi connectivity index (χ2v) is 2.83. The molecule has 0 saturated carbocycles. The van der Waals surface area contributed by atoms with Crippen LogP contribution in [0.25, 0.3) is 0 Å². The molecule has 0 spiro atoms. The largest absolute Gasteiger partial charge is 0.296 e. The summed E-state index contributed by atoms with van der Waals surface area (Å²) in [6.45, 7) is 3.89. The molecule has 0 aliphatic rings.